The van der Waals surface area contributed by atoms with Gasteiger partial charge in [0.15, 0.2) is 0 Å². The Kier molecular flexibility index (Phi) is 7.62. The Balaban J connectivity index is 1.45. The van der Waals surface area contributed by atoms with Crippen LogP contribution in [0.4, 0.5) is 4.39 Å². The molecule has 1 aromatic heterocycles. The molecule has 1 saturated carbocycles. The molecule has 1 aliphatic rings. The molecule has 0 N–H and O–H groups in total. The summed E-state index contributed by atoms with van der Waals surface area (Å²) in [5.74, 6) is 1.29. The van der Waals surface area contributed by atoms with Crippen LogP contribution in [0.5, 0.6) is 5.75 Å². The van der Waals surface area contributed by atoms with Gasteiger partial charge in [-0.1, -0.05) is 43.5 Å². The fourth-order valence-corrected chi connectivity index (χ4v) is 5.98. The summed E-state index contributed by atoms with van der Waals surface area (Å²) >= 11 is 7.15. The first-order valence-electron chi connectivity index (χ1n) is 11.9. The number of hydrogen-bond acceptors (Lipinski definition) is 4. The van der Waals surface area contributed by atoms with Crippen molar-refractivity contribution >= 4 is 49.0 Å². The van der Waals surface area contributed by atoms with Crippen LogP contribution in [0.25, 0.3) is 10.9 Å². The summed E-state index contributed by atoms with van der Waals surface area (Å²) in [5, 5.41) is 5.17. The molecule has 1 fully saturated rings. The highest BCUT2D eigenvalue weighted by Crippen LogP contribution is 2.35. The van der Waals surface area contributed by atoms with Crippen molar-refractivity contribution in [1.82, 2.24) is 9.66 Å². The van der Waals surface area contributed by atoms with E-state index in [-0.39, 0.29) is 17.3 Å². The molecule has 5 nitrogen and oxygen atoms in total. The predicted octanol–water partition coefficient (Wildman–Crippen LogP) is 7.57. The quantitative estimate of drug-likeness (QED) is 0.211. The SMILES string of the molecule is O=c1c2ccccc2nc(C2CCCCC2)n1N=Cc1cc(Br)c(OCc2ccc(F)cc2)c(Br)c1. The van der Waals surface area contributed by atoms with E-state index in [0.29, 0.717) is 23.3 Å². The van der Waals surface area contributed by atoms with Crippen LogP contribution in [0.1, 0.15) is 55.0 Å². The molecule has 0 unspecified atom stereocenters. The van der Waals surface area contributed by atoms with Gasteiger partial charge in [0.05, 0.1) is 26.1 Å². The summed E-state index contributed by atoms with van der Waals surface area (Å²) in [6.45, 7) is 0.299. The van der Waals surface area contributed by atoms with Crippen LogP contribution in [0.15, 0.2) is 79.5 Å². The predicted molar refractivity (Wildman–Crippen MR) is 147 cm³/mol. The second-order valence-electron chi connectivity index (χ2n) is 8.91. The summed E-state index contributed by atoms with van der Waals surface area (Å²) in [4.78, 5) is 18.3. The van der Waals surface area contributed by atoms with Gasteiger partial charge in [-0.2, -0.15) is 9.78 Å². The Hall–Kier alpha value is -2.84. The van der Waals surface area contributed by atoms with Gasteiger partial charge in [-0.05, 0) is 92.2 Å². The average molecular weight is 613 g/mol. The van der Waals surface area contributed by atoms with Gasteiger partial charge in [0.1, 0.15) is 24.0 Å². The van der Waals surface area contributed by atoms with Gasteiger partial charge in [0.2, 0.25) is 0 Å². The lowest BCUT2D eigenvalue weighted by Crippen LogP contribution is -2.25. The van der Waals surface area contributed by atoms with Gasteiger partial charge in [-0.15, -0.1) is 0 Å². The topological polar surface area (TPSA) is 56.5 Å². The van der Waals surface area contributed by atoms with Gasteiger partial charge >= 0.3 is 0 Å². The maximum atomic E-state index is 13.4. The zero-order valence-electron chi connectivity index (χ0n) is 19.5. The molecule has 8 heteroatoms. The van der Waals surface area contributed by atoms with E-state index in [9.17, 15) is 9.18 Å². The lowest BCUT2D eigenvalue weighted by molar-refractivity contribution is 0.302. The summed E-state index contributed by atoms with van der Waals surface area (Å²) in [5.41, 5.74) is 2.20. The van der Waals surface area contributed by atoms with Crippen molar-refractivity contribution in [2.24, 2.45) is 5.10 Å². The van der Waals surface area contributed by atoms with Gasteiger partial charge < -0.3 is 4.74 Å². The fourth-order valence-electron chi connectivity index (χ4n) is 4.53. The molecule has 0 atom stereocenters. The number of para-hydroxylation sites is 1. The highest BCUT2D eigenvalue weighted by Gasteiger charge is 2.22. The Bertz CT molecular complexity index is 1460. The molecule has 5 rings (SSSR count). The molecule has 0 radical (unpaired) electrons. The normalized spacial score (nSPS) is 14.5. The monoisotopic (exact) mass is 611 g/mol. The van der Waals surface area contributed by atoms with E-state index in [1.54, 1.807) is 24.4 Å². The van der Waals surface area contributed by atoms with Crippen molar-refractivity contribution in [3.8, 4) is 5.75 Å². The summed E-state index contributed by atoms with van der Waals surface area (Å²) in [7, 11) is 0. The number of nitrogens with zero attached hydrogens (tertiary/aromatic N) is 3. The van der Waals surface area contributed by atoms with Crippen molar-refractivity contribution in [1.29, 1.82) is 0 Å². The van der Waals surface area contributed by atoms with Crippen molar-refractivity contribution < 1.29 is 9.13 Å². The first-order valence-corrected chi connectivity index (χ1v) is 13.5. The van der Waals surface area contributed by atoms with Crippen LogP contribution >= 0.6 is 31.9 Å². The van der Waals surface area contributed by atoms with Crippen molar-refractivity contribution in [3.63, 3.8) is 0 Å². The number of hydrogen-bond donors (Lipinski definition) is 0. The fraction of sp³-hybridized carbons (Fsp3) is 0.250. The summed E-state index contributed by atoms with van der Waals surface area (Å²) < 4.78 is 22.0. The van der Waals surface area contributed by atoms with E-state index in [0.717, 1.165) is 51.6 Å². The van der Waals surface area contributed by atoms with Gasteiger partial charge in [-0.3, -0.25) is 4.79 Å². The first kappa shape index (κ1) is 24.8. The first-order chi connectivity index (χ1) is 17.5. The van der Waals surface area contributed by atoms with Crippen molar-refractivity contribution in [2.75, 3.05) is 0 Å². The molecule has 3 aromatic carbocycles. The number of benzene rings is 3. The van der Waals surface area contributed by atoms with E-state index >= 15 is 0 Å². The van der Waals surface area contributed by atoms with Gasteiger partial charge in [-0.25, -0.2) is 9.37 Å². The number of aromatic nitrogens is 2. The Morgan fingerprint density at radius 3 is 2.44 bits per heavy atom. The van der Waals surface area contributed by atoms with E-state index in [4.69, 9.17) is 9.72 Å². The minimum Gasteiger partial charge on any atom is -0.487 e. The third-order valence-corrected chi connectivity index (χ3v) is 7.57. The van der Waals surface area contributed by atoms with Crippen LogP contribution in [-0.4, -0.2) is 15.9 Å². The molecule has 0 saturated heterocycles. The minimum absolute atomic E-state index is 0.158. The third kappa shape index (κ3) is 5.44. The van der Waals surface area contributed by atoms with Crippen LogP contribution in [0.2, 0.25) is 0 Å². The Morgan fingerprint density at radius 1 is 1.03 bits per heavy atom. The zero-order chi connectivity index (χ0) is 25.1. The number of rotatable bonds is 6. The smallest absolute Gasteiger partial charge is 0.282 e. The third-order valence-electron chi connectivity index (χ3n) is 6.39. The highest BCUT2D eigenvalue weighted by molar-refractivity contribution is 9.11. The molecule has 4 aromatic rings. The molecule has 0 aliphatic heterocycles. The second kappa shape index (κ2) is 11.0. The maximum Gasteiger partial charge on any atom is 0.282 e. The van der Waals surface area contributed by atoms with Crippen LogP contribution in [0.3, 0.4) is 0 Å². The van der Waals surface area contributed by atoms with Crippen molar-refractivity contribution in [3.05, 3.63) is 103 Å². The second-order valence-corrected chi connectivity index (χ2v) is 10.6. The molecule has 0 amide bonds. The molecule has 36 heavy (non-hydrogen) atoms. The molecular formula is C28H24Br2FN3O2. The maximum absolute atomic E-state index is 13.4. The van der Waals surface area contributed by atoms with E-state index in [1.807, 2.05) is 30.3 Å². The van der Waals surface area contributed by atoms with Crippen molar-refractivity contribution in [2.45, 2.75) is 44.6 Å². The standard InChI is InChI=1S/C28H24Br2FN3O2/c29-23-14-19(15-24(30)26(23)36-17-18-10-12-21(31)13-11-18)16-32-34-27(20-6-2-1-3-7-20)33-25-9-5-4-8-22(25)28(34)35/h4-5,8-16,20H,1-3,6-7,17H2. The van der Waals surface area contributed by atoms with Crippen LogP contribution < -0.4 is 10.3 Å². The largest absolute Gasteiger partial charge is 0.487 e. The van der Waals surface area contributed by atoms with Gasteiger partial charge in [0.25, 0.3) is 5.56 Å². The zero-order valence-corrected chi connectivity index (χ0v) is 22.6. The van der Waals surface area contributed by atoms with E-state index in [2.05, 4.69) is 37.0 Å². The minimum atomic E-state index is -0.280. The average Bonchev–Trinajstić information content (AvgIpc) is 2.89. The molecule has 0 bridgehead atoms. The molecule has 184 valence electrons. The Morgan fingerprint density at radius 2 is 1.72 bits per heavy atom. The molecule has 1 aliphatic carbocycles. The van der Waals surface area contributed by atoms with Gasteiger partial charge in [0, 0.05) is 5.92 Å². The number of halogens is 3. The molecule has 0 spiro atoms. The lowest BCUT2D eigenvalue weighted by Gasteiger charge is -2.22. The Labute approximate surface area is 225 Å². The lowest BCUT2D eigenvalue weighted by atomic mass is 9.88. The molecular weight excluding hydrogens is 589 g/mol. The summed E-state index contributed by atoms with van der Waals surface area (Å²) in [6, 6.07) is 17.4. The van der Waals surface area contributed by atoms with E-state index < -0.39 is 0 Å². The number of ether oxygens (including phenoxy) is 1. The summed E-state index contributed by atoms with van der Waals surface area (Å²) in [6.07, 6.45) is 7.18. The van der Waals surface area contributed by atoms with Crippen LogP contribution in [0, 0.1) is 5.82 Å². The van der Waals surface area contributed by atoms with Crippen LogP contribution in [-0.2, 0) is 6.61 Å². The highest BCUT2D eigenvalue weighted by atomic mass is 79.9. The van der Waals surface area contributed by atoms with E-state index in [1.165, 1.54) is 23.2 Å². The number of fused-ring (bicyclic) bond motifs is 1. The molecule has 1 heterocycles.